The van der Waals surface area contributed by atoms with Crippen LogP contribution in [0.4, 0.5) is 0 Å². The van der Waals surface area contributed by atoms with Crippen LogP contribution in [0.25, 0.3) is 0 Å². The quantitative estimate of drug-likeness (QED) is 0.544. The summed E-state index contributed by atoms with van der Waals surface area (Å²) in [4.78, 5) is 0. The Balaban J connectivity index is 2.66. The van der Waals surface area contributed by atoms with Crippen LogP contribution in [0.2, 0.25) is 0 Å². The molecular weight excluding hydrogens is 240 g/mol. The fourth-order valence-corrected chi connectivity index (χ4v) is 1.78. The van der Waals surface area contributed by atoms with Gasteiger partial charge in [0.25, 0.3) is 0 Å². The summed E-state index contributed by atoms with van der Waals surface area (Å²) in [6.07, 6.45) is 6.26. The third kappa shape index (κ3) is 5.62. The van der Waals surface area contributed by atoms with E-state index in [0.29, 0.717) is 12.0 Å². The lowest BCUT2D eigenvalue weighted by atomic mass is 10.0. The van der Waals surface area contributed by atoms with Crippen LogP contribution in [0.15, 0.2) is 41.5 Å². The van der Waals surface area contributed by atoms with E-state index in [1.165, 1.54) is 23.8 Å². The van der Waals surface area contributed by atoms with E-state index in [-0.39, 0.29) is 18.1 Å². The number of hydrogen-bond acceptors (Lipinski definition) is 3. The summed E-state index contributed by atoms with van der Waals surface area (Å²) in [5.74, 6) is 0.298. The lowest BCUT2D eigenvalue weighted by molar-refractivity contribution is 0.326. The number of allylic oxidation sites excluding steroid dienone is 3. The summed E-state index contributed by atoms with van der Waals surface area (Å²) in [7, 11) is 0. The van der Waals surface area contributed by atoms with E-state index >= 15 is 0 Å². The number of rotatable bonds is 6. The molecule has 0 bridgehead atoms. The highest BCUT2D eigenvalue weighted by atomic mass is 16.3. The van der Waals surface area contributed by atoms with Gasteiger partial charge in [-0.15, -0.1) is 0 Å². The van der Waals surface area contributed by atoms with Crippen LogP contribution in [0.5, 0.6) is 11.5 Å². The van der Waals surface area contributed by atoms with Crippen molar-refractivity contribution in [3.05, 3.63) is 47.1 Å². The third-order valence-electron chi connectivity index (χ3n) is 2.89. The summed E-state index contributed by atoms with van der Waals surface area (Å²) in [6, 6.07) is 4.46. The van der Waals surface area contributed by atoms with E-state index < -0.39 is 0 Å². The number of phenols is 2. The fourth-order valence-electron chi connectivity index (χ4n) is 1.78. The van der Waals surface area contributed by atoms with Gasteiger partial charge in [0.15, 0.2) is 0 Å². The van der Waals surface area contributed by atoms with Crippen molar-refractivity contribution >= 4 is 0 Å². The number of aromatic hydroxyl groups is 2. The van der Waals surface area contributed by atoms with Crippen molar-refractivity contribution in [1.82, 2.24) is 0 Å². The van der Waals surface area contributed by atoms with Gasteiger partial charge in [-0.2, -0.15) is 0 Å². The number of aliphatic hydroxyl groups excluding tert-OH is 1. The van der Waals surface area contributed by atoms with E-state index in [9.17, 15) is 15.3 Å². The molecule has 0 amide bonds. The van der Waals surface area contributed by atoms with Crippen LogP contribution in [0.3, 0.4) is 0 Å². The molecule has 0 saturated heterocycles. The lowest BCUT2D eigenvalue weighted by Gasteiger charge is -2.05. The Kier molecular flexibility index (Phi) is 6.16. The van der Waals surface area contributed by atoms with Gasteiger partial charge in [-0.25, -0.2) is 0 Å². The second-order valence-corrected chi connectivity index (χ2v) is 4.86. The summed E-state index contributed by atoms with van der Waals surface area (Å²) in [5.41, 5.74) is 2.87. The minimum absolute atomic E-state index is 0.0240. The van der Waals surface area contributed by atoms with E-state index in [1.54, 1.807) is 0 Å². The first-order valence-corrected chi connectivity index (χ1v) is 6.46. The Bertz CT molecular complexity index is 469. The number of hydrogen-bond donors (Lipinski definition) is 3. The summed E-state index contributed by atoms with van der Waals surface area (Å²) >= 11 is 0. The number of phenolic OH excluding ortho intramolecular Hbond substituents is 2. The molecule has 104 valence electrons. The number of benzene rings is 1. The Morgan fingerprint density at radius 3 is 2.53 bits per heavy atom. The number of aliphatic hydroxyl groups is 1. The van der Waals surface area contributed by atoms with Crippen molar-refractivity contribution in [3.63, 3.8) is 0 Å². The van der Waals surface area contributed by atoms with Gasteiger partial charge in [-0.05, 0) is 56.9 Å². The average molecular weight is 262 g/mol. The molecule has 0 radical (unpaired) electrons. The second kappa shape index (κ2) is 7.64. The predicted molar refractivity (Wildman–Crippen MR) is 77.3 cm³/mol. The summed E-state index contributed by atoms with van der Waals surface area (Å²) < 4.78 is 0. The molecule has 0 aliphatic rings. The minimum Gasteiger partial charge on any atom is -0.508 e. The third-order valence-corrected chi connectivity index (χ3v) is 2.89. The van der Waals surface area contributed by atoms with Crippen molar-refractivity contribution in [2.75, 3.05) is 6.61 Å². The maximum absolute atomic E-state index is 9.66. The monoisotopic (exact) mass is 262 g/mol. The van der Waals surface area contributed by atoms with E-state index in [0.717, 1.165) is 18.4 Å². The van der Waals surface area contributed by atoms with E-state index in [4.69, 9.17) is 0 Å². The normalized spacial score (nSPS) is 11.4. The van der Waals surface area contributed by atoms with Crippen LogP contribution >= 0.6 is 0 Å². The molecule has 0 unspecified atom stereocenters. The molecule has 1 aromatic carbocycles. The Labute approximate surface area is 114 Å². The van der Waals surface area contributed by atoms with Gasteiger partial charge < -0.3 is 15.3 Å². The molecule has 0 atom stereocenters. The molecule has 19 heavy (non-hydrogen) atoms. The van der Waals surface area contributed by atoms with E-state index in [1.807, 2.05) is 19.9 Å². The topological polar surface area (TPSA) is 60.7 Å². The van der Waals surface area contributed by atoms with Crippen LogP contribution in [-0.4, -0.2) is 21.9 Å². The molecule has 3 N–H and O–H groups in total. The van der Waals surface area contributed by atoms with Crippen molar-refractivity contribution in [1.29, 1.82) is 0 Å². The fraction of sp³-hybridized carbons (Fsp3) is 0.375. The highest BCUT2D eigenvalue weighted by molar-refractivity contribution is 5.40. The molecular formula is C16H22O3. The summed E-state index contributed by atoms with van der Waals surface area (Å²) in [5, 5.41) is 28.3. The Morgan fingerprint density at radius 2 is 1.89 bits per heavy atom. The first-order chi connectivity index (χ1) is 9.02. The highest BCUT2D eigenvalue weighted by Crippen LogP contribution is 2.23. The maximum Gasteiger partial charge on any atom is 0.119 e. The van der Waals surface area contributed by atoms with Gasteiger partial charge in [0.05, 0.1) is 6.61 Å². The van der Waals surface area contributed by atoms with Gasteiger partial charge >= 0.3 is 0 Å². The molecule has 0 heterocycles. The van der Waals surface area contributed by atoms with Gasteiger partial charge in [0, 0.05) is 5.56 Å². The first kappa shape index (κ1) is 15.3. The van der Waals surface area contributed by atoms with Crippen molar-refractivity contribution in [2.24, 2.45) is 0 Å². The molecule has 0 fully saturated rings. The van der Waals surface area contributed by atoms with Crippen molar-refractivity contribution < 1.29 is 15.3 Å². The van der Waals surface area contributed by atoms with Crippen LogP contribution in [-0.2, 0) is 6.42 Å². The minimum atomic E-state index is 0.0240. The molecule has 0 spiro atoms. The van der Waals surface area contributed by atoms with Crippen molar-refractivity contribution in [3.8, 4) is 11.5 Å². The molecule has 0 aliphatic heterocycles. The Morgan fingerprint density at radius 1 is 1.16 bits per heavy atom. The highest BCUT2D eigenvalue weighted by Gasteiger charge is 2.02. The Hall–Kier alpha value is -1.74. The first-order valence-electron chi connectivity index (χ1n) is 6.46. The molecule has 1 rings (SSSR count). The molecule has 1 aromatic rings. The van der Waals surface area contributed by atoms with E-state index in [2.05, 4.69) is 6.08 Å². The standard InChI is InChI=1S/C16H22O3/c1-12(2)4-3-5-13(11-17)6-7-14-10-15(18)8-9-16(14)19/h4,6,8-10,17-19H,3,5,7,11H2,1-2H3/b13-6+. The average Bonchev–Trinajstić information content (AvgIpc) is 2.37. The summed E-state index contributed by atoms with van der Waals surface area (Å²) in [6.45, 7) is 4.12. The predicted octanol–water partition coefficient (Wildman–Crippen LogP) is 3.31. The molecule has 0 aliphatic carbocycles. The van der Waals surface area contributed by atoms with Crippen LogP contribution in [0.1, 0.15) is 32.3 Å². The van der Waals surface area contributed by atoms with Crippen molar-refractivity contribution in [2.45, 2.75) is 33.1 Å². The largest absolute Gasteiger partial charge is 0.508 e. The van der Waals surface area contributed by atoms with Gasteiger partial charge in [0.1, 0.15) is 11.5 Å². The second-order valence-electron chi connectivity index (χ2n) is 4.86. The van der Waals surface area contributed by atoms with Crippen LogP contribution in [0, 0.1) is 0 Å². The zero-order chi connectivity index (χ0) is 14.3. The zero-order valence-corrected chi connectivity index (χ0v) is 11.6. The lowest BCUT2D eigenvalue weighted by Crippen LogP contribution is -1.93. The van der Waals surface area contributed by atoms with Crippen LogP contribution < -0.4 is 0 Å². The molecule has 0 aromatic heterocycles. The molecule has 3 heteroatoms. The smallest absolute Gasteiger partial charge is 0.119 e. The van der Waals surface area contributed by atoms with Gasteiger partial charge in [0.2, 0.25) is 0 Å². The zero-order valence-electron chi connectivity index (χ0n) is 11.6. The maximum atomic E-state index is 9.66. The molecule has 0 saturated carbocycles. The molecule has 3 nitrogen and oxygen atoms in total. The van der Waals surface area contributed by atoms with Gasteiger partial charge in [-0.3, -0.25) is 0 Å². The SMILES string of the molecule is CC(C)=CCC/C(=C\Cc1cc(O)ccc1O)CO. The van der Waals surface area contributed by atoms with Gasteiger partial charge in [-0.1, -0.05) is 17.7 Å².